The molecule has 0 radical (unpaired) electrons. The zero-order valence-corrected chi connectivity index (χ0v) is 15.9. The lowest BCUT2D eigenvalue weighted by atomic mass is 9.73. The maximum absolute atomic E-state index is 13.3. The second-order valence-electron chi connectivity index (χ2n) is 7.04. The SMILES string of the molecule is Cc1nnc(NC(=O)[C@]2(C)Cc3ccc(C#N)cc3[C@@H]2c2ccccc2)s1. The predicted octanol–water partition coefficient (Wildman–Crippen LogP) is 4.05. The molecule has 3 aromatic rings. The molecule has 5 nitrogen and oxygen atoms in total. The molecule has 2 aromatic carbocycles. The van der Waals surface area contributed by atoms with E-state index in [9.17, 15) is 10.1 Å². The number of amides is 1. The van der Waals surface area contributed by atoms with Crippen LogP contribution in [-0.4, -0.2) is 16.1 Å². The van der Waals surface area contributed by atoms with Crippen LogP contribution < -0.4 is 5.32 Å². The number of anilines is 1. The Bertz CT molecular complexity index is 1050. The minimum Gasteiger partial charge on any atom is -0.300 e. The summed E-state index contributed by atoms with van der Waals surface area (Å²) < 4.78 is 0. The number of nitrogens with zero attached hydrogens (tertiary/aromatic N) is 3. The van der Waals surface area contributed by atoms with Crippen LogP contribution >= 0.6 is 11.3 Å². The molecule has 0 spiro atoms. The van der Waals surface area contributed by atoms with Gasteiger partial charge in [0, 0.05) is 5.92 Å². The molecule has 1 N–H and O–H groups in total. The molecule has 0 aliphatic heterocycles. The molecule has 1 amide bonds. The Morgan fingerprint density at radius 3 is 2.70 bits per heavy atom. The Labute approximate surface area is 161 Å². The molecule has 0 fully saturated rings. The molecule has 1 heterocycles. The number of carbonyl (C=O) groups excluding carboxylic acids is 1. The first kappa shape index (κ1) is 17.4. The van der Waals surface area contributed by atoms with E-state index < -0.39 is 5.41 Å². The maximum atomic E-state index is 13.3. The van der Waals surface area contributed by atoms with Crippen molar-refractivity contribution in [3.8, 4) is 6.07 Å². The van der Waals surface area contributed by atoms with E-state index in [-0.39, 0.29) is 11.8 Å². The fraction of sp³-hybridized carbons (Fsp3) is 0.238. The number of hydrogen-bond acceptors (Lipinski definition) is 5. The van der Waals surface area contributed by atoms with Gasteiger partial charge in [-0.2, -0.15) is 5.26 Å². The Morgan fingerprint density at radius 2 is 2.04 bits per heavy atom. The van der Waals surface area contributed by atoms with E-state index >= 15 is 0 Å². The predicted molar refractivity (Wildman–Crippen MR) is 105 cm³/mol. The van der Waals surface area contributed by atoms with Crippen LogP contribution in [0, 0.1) is 23.7 Å². The topological polar surface area (TPSA) is 78.7 Å². The molecule has 1 aliphatic rings. The van der Waals surface area contributed by atoms with Gasteiger partial charge in [-0.25, -0.2) is 0 Å². The normalized spacial score (nSPS) is 20.7. The first-order valence-electron chi connectivity index (χ1n) is 8.71. The number of benzene rings is 2. The zero-order chi connectivity index (χ0) is 19.0. The molecule has 0 bridgehead atoms. The fourth-order valence-corrected chi connectivity index (χ4v) is 4.51. The number of rotatable bonds is 3. The fourth-order valence-electron chi connectivity index (χ4n) is 3.93. The van der Waals surface area contributed by atoms with Gasteiger partial charge in [-0.3, -0.25) is 4.79 Å². The second kappa shape index (κ2) is 6.60. The van der Waals surface area contributed by atoms with Gasteiger partial charge >= 0.3 is 0 Å². The number of hydrogen-bond donors (Lipinski definition) is 1. The molecule has 0 unspecified atom stereocenters. The highest BCUT2D eigenvalue weighted by atomic mass is 32.1. The van der Waals surface area contributed by atoms with E-state index in [1.807, 2.05) is 62.4 Å². The Morgan fingerprint density at radius 1 is 1.26 bits per heavy atom. The van der Waals surface area contributed by atoms with Gasteiger partial charge in [-0.15, -0.1) is 10.2 Å². The lowest BCUT2D eigenvalue weighted by Crippen LogP contribution is -2.37. The molecular weight excluding hydrogens is 356 g/mol. The van der Waals surface area contributed by atoms with E-state index in [4.69, 9.17) is 0 Å². The average Bonchev–Trinajstić information content (AvgIpc) is 3.22. The van der Waals surface area contributed by atoms with Gasteiger partial charge in [0.15, 0.2) is 0 Å². The molecule has 27 heavy (non-hydrogen) atoms. The average molecular weight is 374 g/mol. The van der Waals surface area contributed by atoms with Gasteiger partial charge in [0.05, 0.1) is 17.0 Å². The largest absolute Gasteiger partial charge is 0.300 e. The summed E-state index contributed by atoms with van der Waals surface area (Å²) in [5.41, 5.74) is 3.15. The summed E-state index contributed by atoms with van der Waals surface area (Å²) in [5, 5.41) is 21.6. The van der Waals surface area contributed by atoms with E-state index in [0.717, 1.165) is 21.7 Å². The minimum atomic E-state index is -0.683. The van der Waals surface area contributed by atoms with Crippen molar-refractivity contribution >= 4 is 22.4 Å². The number of nitriles is 1. The highest BCUT2D eigenvalue weighted by molar-refractivity contribution is 7.15. The van der Waals surface area contributed by atoms with Gasteiger partial charge in [0.1, 0.15) is 5.01 Å². The molecule has 0 saturated carbocycles. The van der Waals surface area contributed by atoms with Crippen molar-refractivity contribution < 1.29 is 4.79 Å². The Balaban J connectivity index is 1.79. The van der Waals surface area contributed by atoms with Gasteiger partial charge in [0.2, 0.25) is 11.0 Å². The van der Waals surface area contributed by atoms with Crippen molar-refractivity contribution in [3.05, 3.63) is 75.8 Å². The van der Waals surface area contributed by atoms with Gasteiger partial charge < -0.3 is 5.32 Å². The molecule has 4 rings (SSSR count). The number of aryl methyl sites for hydroxylation is 1. The third kappa shape index (κ3) is 3.00. The molecule has 134 valence electrons. The van der Waals surface area contributed by atoms with Crippen LogP contribution in [0.25, 0.3) is 0 Å². The standard InChI is InChI=1S/C21H18N4OS/c1-13-24-25-20(27-13)23-19(26)21(2)11-16-9-8-14(12-22)10-17(16)18(21)15-6-4-3-5-7-15/h3-10,18H,11H2,1-2H3,(H,23,25,26)/t18-,21+/m0/s1. The van der Waals surface area contributed by atoms with E-state index in [2.05, 4.69) is 21.6 Å². The third-order valence-electron chi connectivity index (χ3n) is 5.18. The van der Waals surface area contributed by atoms with Crippen LogP contribution in [0.3, 0.4) is 0 Å². The lowest BCUT2D eigenvalue weighted by Gasteiger charge is -2.30. The van der Waals surface area contributed by atoms with Crippen LogP contribution in [0.4, 0.5) is 5.13 Å². The first-order valence-corrected chi connectivity index (χ1v) is 9.52. The summed E-state index contributed by atoms with van der Waals surface area (Å²) in [5.74, 6) is -0.210. The summed E-state index contributed by atoms with van der Waals surface area (Å²) in [6.45, 7) is 3.84. The zero-order valence-electron chi connectivity index (χ0n) is 15.1. The maximum Gasteiger partial charge on any atom is 0.233 e. The number of aromatic nitrogens is 2. The van der Waals surface area contributed by atoms with E-state index in [1.54, 1.807) is 0 Å². The monoisotopic (exact) mass is 374 g/mol. The first-order chi connectivity index (χ1) is 13.0. The summed E-state index contributed by atoms with van der Waals surface area (Å²) in [6, 6.07) is 17.9. The smallest absolute Gasteiger partial charge is 0.233 e. The second-order valence-corrected chi connectivity index (χ2v) is 8.23. The number of nitrogens with one attached hydrogen (secondary N) is 1. The minimum absolute atomic E-state index is 0.0813. The summed E-state index contributed by atoms with van der Waals surface area (Å²) in [4.78, 5) is 13.3. The van der Waals surface area contributed by atoms with Crippen molar-refractivity contribution in [3.63, 3.8) is 0 Å². The summed E-state index contributed by atoms with van der Waals surface area (Å²) in [6.07, 6.45) is 0.608. The molecule has 1 aliphatic carbocycles. The van der Waals surface area contributed by atoms with Crippen molar-refractivity contribution in [1.29, 1.82) is 5.26 Å². The number of carbonyl (C=O) groups is 1. The number of fused-ring (bicyclic) bond motifs is 1. The molecule has 6 heteroatoms. The molecule has 0 saturated heterocycles. The van der Waals surface area contributed by atoms with Crippen molar-refractivity contribution in [2.45, 2.75) is 26.2 Å². The summed E-state index contributed by atoms with van der Waals surface area (Å²) in [7, 11) is 0. The lowest BCUT2D eigenvalue weighted by molar-refractivity contribution is -0.125. The van der Waals surface area contributed by atoms with Crippen molar-refractivity contribution in [2.75, 3.05) is 5.32 Å². The van der Waals surface area contributed by atoms with Crippen LogP contribution in [0.1, 0.15) is 40.1 Å². The Kier molecular flexibility index (Phi) is 4.25. The molecular formula is C21H18N4OS. The highest BCUT2D eigenvalue weighted by Crippen LogP contribution is 2.51. The van der Waals surface area contributed by atoms with Gasteiger partial charge in [-0.1, -0.05) is 47.7 Å². The van der Waals surface area contributed by atoms with Gasteiger partial charge in [0.25, 0.3) is 0 Å². The van der Waals surface area contributed by atoms with E-state index in [0.29, 0.717) is 17.1 Å². The van der Waals surface area contributed by atoms with E-state index in [1.165, 1.54) is 11.3 Å². The van der Waals surface area contributed by atoms with Crippen LogP contribution in [-0.2, 0) is 11.2 Å². The van der Waals surface area contributed by atoms with Crippen LogP contribution in [0.5, 0.6) is 0 Å². The molecule has 1 aromatic heterocycles. The summed E-state index contributed by atoms with van der Waals surface area (Å²) >= 11 is 1.36. The quantitative estimate of drug-likeness (QED) is 0.750. The van der Waals surface area contributed by atoms with Crippen LogP contribution in [0.2, 0.25) is 0 Å². The van der Waals surface area contributed by atoms with Crippen LogP contribution in [0.15, 0.2) is 48.5 Å². The van der Waals surface area contributed by atoms with Gasteiger partial charge in [-0.05, 0) is 49.1 Å². The third-order valence-corrected chi connectivity index (χ3v) is 5.93. The van der Waals surface area contributed by atoms with Crippen molar-refractivity contribution in [2.24, 2.45) is 5.41 Å². The van der Waals surface area contributed by atoms with Crippen molar-refractivity contribution in [1.82, 2.24) is 10.2 Å². The Hall–Kier alpha value is -3.04. The molecule has 2 atom stereocenters. The highest BCUT2D eigenvalue weighted by Gasteiger charge is 2.49.